The second-order valence-electron chi connectivity index (χ2n) is 5.05. The second kappa shape index (κ2) is 7.06. The molecule has 1 rings (SSSR count). The van der Waals surface area contributed by atoms with Crippen LogP contribution in [-0.4, -0.2) is 40.4 Å². The van der Waals surface area contributed by atoms with Crippen LogP contribution in [0.2, 0.25) is 0 Å². The number of hydrogen-bond donors (Lipinski definition) is 2. The highest BCUT2D eigenvalue weighted by molar-refractivity contribution is 5.29. The largest absolute Gasteiger partial charge is 0.416 e. The zero-order valence-electron chi connectivity index (χ0n) is 11.6. The van der Waals surface area contributed by atoms with Crippen LogP contribution < -0.4 is 0 Å². The summed E-state index contributed by atoms with van der Waals surface area (Å²) < 4.78 is 38.7. The molecule has 3 nitrogen and oxygen atoms in total. The van der Waals surface area contributed by atoms with Gasteiger partial charge < -0.3 is 10.2 Å². The fraction of sp³-hybridized carbons (Fsp3) is 0.571. The van der Waals surface area contributed by atoms with Crippen LogP contribution in [-0.2, 0) is 12.7 Å². The van der Waals surface area contributed by atoms with Gasteiger partial charge in [-0.2, -0.15) is 13.2 Å². The normalized spacial score (nSPS) is 15.4. The van der Waals surface area contributed by atoms with E-state index in [2.05, 4.69) is 0 Å². The lowest BCUT2D eigenvalue weighted by atomic mass is 10.1. The molecule has 0 saturated carbocycles. The molecule has 0 aliphatic carbocycles. The lowest BCUT2D eigenvalue weighted by Crippen LogP contribution is -2.36. The SMILES string of the molecule is CC(O)CN(Cc1ccccc1C(F)(F)F)CC(C)O. The number of benzene rings is 1. The Kier molecular flexibility index (Phi) is 5.98. The number of hydrogen-bond acceptors (Lipinski definition) is 3. The van der Waals surface area contributed by atoms with E-state index in [9.17, 15) is 23.4 Å². The van der Waals surface area contributed by atoms with E-state index in [1.165, 1.54) is 12.1 Å². The van der Waals surface area contributed by atoms with Gasteiger partial charge in [0.05, 0.1) is 17.8 Å². The van der Waals surface area contributed by atoms with E-state index in [1.807, 2.05) is 0 Å². The Morgan fingerprint density at radius 2 is 1.55 bits per heavy atom. The van der Waals surface area contributed by atoms with Crippen LogP contribution in [0.4, 0.5) is 13.2 Å². The first-order valence-corrected chi connectivity index (χ1v) is 6.43. The van der Waals surface area contributed by atoms with Crippen LogP contribution in [0.15, 0.2) is 24.3 Å². The van der Waals surface area contributed by atoms with E-state index < -0.39 is 23.9 Å². The lowest BCUT2D eigenvalue weighted by Gasteiger charge is -2.26. The highest BCUT2D eigenvalue weighted by Crippen LogP contribution is 2.32. The van der Waals surface area contributed by atoms with Gasteiger partial charge in [-0.15, -0.1) is 0 Å². The number of nitrogens with zero attached hydrogens (tertiary/aromatic N) is 1. The van der Waals surface area contributed by atoms with Gasteiger partial charge in [0.15, 0.2) is 0 Å². The molecule has 0 amide bonds. The van der Waals surface area contributed by atoms with Gasteiger partial charge in [-0.25, -0.2) is 0 Å². The van der Waals surface area contributed by atoms with E-state index >= 15 is 0 Å². The smallest absolute Gasteiger partial charge is 0.392 e. The van der Waals surface area contributed by atoms with Gasteiger partial charge in [0.1, 0.15) is 0 Å². The van der Waals surface area contributed by atoms with E-state index in [1.54, 1.807) is 24.8 Å². The van der Waals surface area contributed by atoms with E-state index in [0.717, 1.165) is 6.07 Å². The molecule has 1 aromatic carbocycles. The van der Waals surface area contributed by atoms with Crippen molar-refractivity contribution in [1.82, 2.24) is 4.90 Å². The maximum atomic E-state index is 12.9. The standard InChI is InChI=1S/C14H20F3NO2/c1-10(19)7-18(8-11(2)20)9-12-5-3-4-6-13(12)14(15,16)17/h3-6,10-11,19-20H,7-9H2,1-2H3. The maximum absolute atomic E-state index is 12.9. The summed E-state index contributed by atoms with van der Waals surface area (Å²) >= 11 is 0. The molecule has 114 valence electrons. The van der Waals surface area contributed by atoms with Crippen LogP contribution in [0.5, 0.6) is 0 Å². The van der Waals surface area contributed by atoms with Crippen molar-refractivity contribution in [2.24, 2.45) is 0 Å². The predicted molar refractivity (Wildman–Crippen MR) is 70.1 cm³/mol. The second-order valence-corrected chi connectivity index (χ2v) is 5.05. The van der Waals surface area contributed by atoms with E-state index in [4.69, 9.17) is 0 Å². The van der Waals surface area contributed by atoms with Crippen molar-refractivity contribution in [1.29, 1.82) is 0 Å². The Morgan fingerprint density at radius 1 is 1.05 bits per heavy atom. The summed E-state index contributed by atoms with van der Waals surface area (Å²) in [5.41, 5.74) is -0.539. The van der Waals surface area contributed by atoms with Gasteiger partial charge in [-0.3, -0.25) is 4.90 Å². The lowest BCUT2D eigenvalue weighted by molar-refractivity contribution is -0.138. The molecule has 0 aliphatic heterocycles. The molecule has 0 spiro atoms. The van der Waals surface area contributed by atoms with Crippen molar-refractivity contribution in [2.75, 3.05) is 13.1 Å². The summed E-state index contributed by atoms with van der Waals surface area (Å²) in [5, 5.41) is 18.8. The zero-order valence-corrected chi connectivity index (χ0v) is 11.6. The first-order chi connectivity index (χ1) is 9.20. The van der Waals surface area contributed by atoms with Crippen molar-refractivity contribution in [3.63, 3.8) is 0 Å². The number of halogens is 3. The monoisotopic (exact) mass is 291 g/mol. The number of aliphatic hydroxyl groups excluding tert-OH is 2. The third kappa shape index (κ3) is 5.48. The first kappa shape index (κ1) is 16.9. The molecule has 0 fully saturated rings. The summed E-state index contributed by atoms with van der Waals surface area (Å²) in [5.74, 6) is 0. The Morgan fingerprint density at radius 3 is 2.00 bits per heavy atom. The van der Waals surface area contributed by atoms with Crippen molar-refractivity contribution >= 4 is 0 Å². The Bertz CT molecular complexity index is 409. The molecule has 0 aliphatic rings. The van der Waals surface area contributed by atoms with Crippen molar-refractivity contribution in [2.45, 2.75) is 38.8 Å². The molecule has 0 bridgehead atoms. The summed E-state index contributed by atoms with van der Waals surface area (Å²) in [6, 6.07) is 5.35. The molecule has 2 unspecified atom stereocenters. The van der Waals surface area contributed by atoms with Gasteiger partial charge in [0.25, 0.3) is 0 Å². The average Bonchev–Trinajstić information content (AvgIpc) is 2.26. The molecule has 0 heterocycles. The zero-order chi connectivity index (χ0) is 15.3. The Hall–Kier alpha value is -1.11. The van der Waals surface area contributed by atoms with Crippen molar-refractivity contribution in [3.05, 3.63) is 35.4 Å². The van der Waals surface area contributed by atoms with Gasteiger partial charge in [-0.1, -0.05) is 18.2 Å². The number of alkyl halides is 3. The van der Waals surface area contributed by atoms with Crippen LogP contribution in [0.1, 0.15) is 25.0 Å². The minimum Gasteiger partial charge on any atom is -0.392 e. The molecule has 0 aromatic heterocycles. The average molecular weight is 291 g/mol. The van der Waals surface area contributed by atoms with Crippen LogP contribution in [0.25, 0.3) is 0 Å². The number of aliphatic hydroxyl groups is 2. The molecular formula is C14H20F3NO2. The topological polar surface area (TPSA) is 43.7 Å². The number of rotatable bonds is 6. The fourth-order valence-corrected chi connectivity index (χ4v) is 2.13. The molecule has 1 aromatic rings. The predicted octanol–water partition coefficient (Wildman–Crippen LogP) is 2.27. The molecule has 2 N–H and O–H groups in total. The Balaban J connectivity index is 2.93. The van der Waals surface area contributed by atoms with Crippen LogP contribution in [0.3, 0.4) is 0 Å². The summed E-state index contributed by atoms with van der Waals surface area (Å²) in [4.78, 5) is 1.61. The summed E-state index contributed by atoms with van der Waals surface area (Å²) in [7, 11) is 0. The van der Waals surface area contributed by atoms with Gasteiger partial charge >= 0.3 is 6.18 Å². The van der Waals surface area contributed by atoms with Crippen molar-refractivity contribution < 1.29 is 23.4 Å². The third-order valence-electron chi connectivity index (χ3n) is 2.76. The van der Waals surface area contributed by atoms with E-state index in [-0.39, 0.29) is 25.2 Å². The maximum Gasteiger partial charge on any atom is 0.416 e. The minimum absolute atomic E-state index is 0.0332. The van der Waals surface area contributed by atoms with Gasteiger partial charge in [0, 0.05) is 19.6 Å². The van der Waals surface area contributed by atoms with Gasteiger partial charge in [0.2, 0.25) is 0 Å². The quantitative estimate of drug-likeness (QED) is 0.845. The molecule has 2 atom stereocenters. The van der Waals surface area contributed by atoms with Crippen LogP contribution in [0, 0.1) is 0 Å². The molecule has 0 radical (unpaired) electrons. The van der Waals surface area contributed by atoms with Crippen molar-refractivity contribution in [3.8, 4) is 0 Å². The van der Waals surface area contributed by atoms with Gasteiger partial charge in [-0.05, 0) is 25.5 Å². The fourth-order valence-electron chi connectivity index (χ4n) is 2.13. The third-order valence-corrected chi connectivity index (χ3v) is 2.76. The van der Waals surface area contributed by atoms with Crippen LogP contribution >= 0.6 is 0 Å². The molecule has 6 heteroatoms. The highest BCUT2D eigenvalue weighted by atomic mass is 19.4. The molecule has 0 saturated heterocycles. The molecular weight excluding hydrogens is 271 g/mol. The highest BCUT2D eigenvalue weighted by Gasteiger charge is 2.33. The first-order valence-electron chi connectivity index (χ1n) is 6.43. The minimum atomic E-state index is -4.40. The molecule has 20 heavy (non-hydrogen) atoms. The Labute approximate surface area is 116 Å². The summed E-state index contributed by atoms with van der Waals surface area (Å²) in [6.07, 6.45) is -5.75. The summed E-state index contributed by atoms with van der Waals surface area (Å²) in [6.45, 7) is 3.56. The van der Waals surface area contributed by atoms with E-state index in [0.29, 0.717) is 0 Å².